The van der Waals surface area contributed by atoms with E-state index in [2.05, 4.69) is 13.8 Å². The Hall–Kier alpha value is -4.30. The van der Waals surface area contributed by atoms with Crippen LogP contribution in [0.5, 0.6) is 17.2 Å². The van der Waals surface area contributed by atoms with Crippen LogP contribution in [0, 0.1) is 0 Å². The highest BCUT2D eigenvalue weighted by atomic mass is 16.6. The molecule has 1 N–H and O–H groups in total. The van der Waals surface area contributed by atoms with Gasteiger partial charge < -0.3 is 29.1 Å². The molecule has 2 aliphatic rings. The first-order valence-corrected chi connectivity index (χ1v) is 13.8. The minimum absolute atomic E-state index is 0.0589. The highest BCUT2D eigenvalue weighted by Gasteiger charge is 2.44. The smallest absolute Gasteiger partial charge is 0.295 e. The number of likely N-dealkylation sites (tertiary alicyclic amines) is 1. The molecular weight excluding hydrogens is 508 g/mol. The molecule has 1 saturated heterocycles. The summed E-state index contributed by atoms with van der Waals surface area (Å²) in [5.41, 5.74) is 1.89. The lowest BCUT2D eigenvalue weighted by atomic mass is 9.95. The van der Waals surface area contributed by atoms with Crippen molar-refractivity contribution in [3.63, 3.8) is 0 Å². The molecule has 3 aromatic rings. The summed E-state index contributed by atoms with van der Waals surface area (Å²) in [7, 11) is 0. The van der Waals surface area contributed by atoms with Gasteiger partial charge in [-0.05, 0) is 54.8 Å². The maximum atomic E-state index is 13.9. The average molecular weight is 543 g/mol. The number of Topliss-reactive ketones (excluding diaryl/α,β-unsaturated/α-hetero) is 1. The standard InChI is InChI=1S/C32H34N2O6/c1-3-33(4-2)15-16-34-29(23-11-8-12-25(19-23)40-21-22-9-6-5-7-10-22)28(31(36)32(34)37)30(35)24-13-14-26-27(20-24)39-18-17-38-26/h5-14,19-20,29,35H,3-4,15-18,21H2,1-2H3/b30-28+. The lowest BCUT2D eigenvalue weighted by Crippen LogP contribution is -3.12. The molecule has 0 radical (unpaired) electrons. The SMILES string of the molecule is CC[NH+](CC)CCN1C(=O)C(=O)/C(=C(/[O-])c2ccc3c(c2)OCCO3)C1c1cccc(OCc2ccccc2)c1. The van der Waals surface area contributed by atoms with Crippen LogP contribution in [0.15, 0.2) is 78.4 Å². The van der Waals surface area contributed by atoms with E-state index in [1.165, 1.54) is 9.80 Å². The summed E-state index contributed by atoms with van der Waals surface area (Å²) >= 11 is 0. The van der Waals surface area contributed by atoms with Crippen LogP contribution < -0.4 is 24.2 Å². The molecule has 1 amide bonds. The van der Waals surface area contributed by atoms with Gasteiger partial charge >= 0.3 is 0 Å². The molecule has 0 aromatic heterocycles. The molecule has 1 unspecified atom stereocenters. The predicted octanol–water partition coefficient (Wildman–Crippen LogP) is 2.19. The third-order valence-electron chi connectivity index (χ3n) is 7.46. The fraction of sp³-hybridized carbons (Fsp3) is 0.312. The Morgan fingerprint density at radius 1 is 0.950 bits per heavy atom. The van der Waals surface area contributed by atoms with E-state index in [4.69, 9.17) is 14.2 Å². The van der Waals surface area contributed by atoms with Crippen LogP contribution in [0.2, 0.25) is 0 Å². The molecule has 1 atom stereocenters. The van der Waals surface area contributed by atoms with Crippen LogP contribution in [0.4, 0.5) is 0 Å². The minimum Gasteiger partial charge on any atom is -0.872 e. The number of ketones is 1. The van der Waals surface area contributed by atoms with Gasteiger partial charge in [-0.2, -0.15) is 0 Å². The van der Waals surface area contributed by atoms with Gasteiger partial charge in [-0.15, -0.1) is 0 Å². The molecule has 5 rings (SSSR count). The Balaban J connectivity index is 1.53. The molecular formula is C32H34N2O6. The summed E-state index contributed by atoms with van der Waals surface area (Å²) < 4.78 is 17.3. The molecule has 0 spiro atoms. The van der Waals surface area contributed by atoms with Crippen molar-refractivity contribution >= 4 is 17.4 Å². The van der Waals surface area contributed by atoms with Gasteiger partial charge in [0.2, 0.25) is 5.78 Å². The summed E-state index contributed by atoms with van der Waals surface area (Å²) in [5, 5.41) is 13.9. The van der Waals surface area contributed by atoms with Gasteiger partial charge in [-0.3, -0.25) is 9.59 Å². The second kappa shape index (κ2) is 12.3. The molecule has 8 nitrogen and oxygen atoms in total. The maximum absolute atomic E-state index is 13.9. The first-order chi connectivity index (χ1) is 19.5. The van der Waals surface area contributed by atoms with E-state index in [1.54, 1.807) is 18.2 Å². The zero-order chi connectivity index (χ0) is 28.1. The molecule has 3 aromatic carbocycles. The summed E-state index contributed by atoms with van der Waals surface area (Å²) in [4.78, 5) is 29.6. The van der Waals surface area contributed by atoms with Crippen molar-refractivity contribution in [3.05, 3.63) is 95.1 Å². The van der Waals surface area contributed by atoms with Crippen LogP contribution >= 0.6 is 0 Å². The Kier molecular flexibility index (Phi) is 8.36. The highest BCUT2D eigenvalue weighted by molar-refractivity contribution is 6.46. The second-order valence-electron chi connectivity index (χ2n) is 9.89. The van der Waals surface area contributed by atoms with E-state index in [0.717, 1.165) is 18.7 Å². The van der Waals surface area contributed by atoms with Crippen LogP contribution in [-0.2, 0) is 16.2 Å². The molecule has 2 heterocycles. The van der Waals surface area contributed by atoms with Crippen molar-refractivity contribution in [1.82, 2.24) is 4.90 Å². The fourth-order valence-corrected chi connectivity index (χ4v) is 5.18. The molecule has 8 heteroatoms. The first-order valence-electron chi connectivity index (χ1n) is 13.8. The van der Waals surface area contributed by atoms with Crippen molar-refractivity contribution in [2.45, 2.75) is 26.5 Å². The highest BCUT2D eigenvalue weighted by Crippen LogP contribution is 2.40. The number of quaternary nitrogens is 1. The van der Waals surface area contributed by atoms with Crippen LogP contribution in [0.3, 0.4) is 0 Å². The Morgan fingerprint density at radius 3 is 2.45 bits per heavy atom. The number of rotatable bonds is 10. The second-order valence-corrected chi connectivity index (χ2v) is 9.89. The minimum atomic E-state index is -0.823. The van der Waals surface area contributed by atoms with E-state index >= 15 is 0 Å². The number of ether oxygens (including phenoxy) is 3. The third kappa shape index (κ3) is 5.67. The van der Waals surface area contributed by atoms with Crippen molar-refractivity contribution in [3.8, 4) is 17.2 Å². The number of nitrogens with zero attached hydrogens (tertiary/aromatic N) is 1. The van der Waals surface area contributed by atoms with Crippen molar-refractivity contribution in [1.29, 1.82) is 0 Å². The largest absolute Gasteiger partial charge is 0.872 e. The Morgan fingerprint density at radius 2 is 1.70 bits per heavy atom. The van der Waals surface area contributed by atoms with E-state index < -0.39 is 23.5 Å². The molecule has 0 aliphatic carbocycles. The number of carbonyl (C=O) groups is 2. The molecule has 40 heavy (non-hydrogen) atoms. The van der Waals surface area contributed by atoms with Gasteiger partial charge in [0.15, 0.2) is 11.5 Å². The van der Waals surface area contributed by atoms with Crippen molar-refractivity contribution in [2.75, 3.05) is 39.4 Å². The summed E-state index contributed by atoms with van der Waals surface area (Å²) in [6, 6.07) is 21.1. The zero-order valence-electron chi connectivity index (χ0n) is 22.9. The monoisotopic (exact) mass is 542 g/mol. The van der Waals surface area contributed by atoms with Gasteiger partial charge in [0.1, 0.15) is 25.6 Å². The van der Waals surface area contributed by atoms with E-state index in [9.17, 15) is 14.7 Å². The van der Waals surface area contributed by atoms with E-state index in [1.807, 2.05) is 54.6 Å². The van der Waals surface area contributed by atoms with Crippen molar-refractivity contribution in [2.24, 2.45) is 0 Å². The summed E-state index contributed by atoms with van der Waals surface area (Å²) in [6.45, 7) is 8.15. The molecule has 1 fully saturated rings. The number of likely N-dealkylation sites (N-methyl/N-ethyl adjacent to an activating group) is 1. The van der Waals surface area contributed by atoms with Gasteiger partial charge in [-0.1, -0.05) is 54.3 Å². The van der Waals surface area contributed by atoms with Crippen LogP contribution in [0.1, 0.15) is 36.6 Å². The van der Waals surface area contributed by atoms with Gasteiger partial charge in [0.05, 0.1) is 32.2 Å². The zero-order valence-corrected chi connectivity index (χ0v) is 22.9. The van der Waals surface area contributed by atoms with Gasteiger partial charge in [0, 0.05) is 5.57 Å². The molecule has 0 saturated carbocycles. The van der Waals surface area contributed by atoms with Gasteiger partial charge in [0.25, 0.3) is 5.91 Å². The Labute approximate surface area is 234 Å². The number of hydrogen-bond donors (Lipinski definition) is 1. The number of benzene rings is 3. The lowest BCUT2D eigenvalue weighted by molar-refractivity contribution is -0.895. The summed E-state index contributed by atoms with van der Waals surface area (Å²) in [5.74, 6) is -0.333. The number of nitrogens with one attached hydrogen (secondary N) is 1. The predicted molar refractivity (Wildman–Crippen MR) is 148 cm³/mol. The number of hydrogen-bond acceptors (Lipinski definition) is 6. The van der Waals surface area contributed by atoms with E-state index in [0.29, 0.717) is 55.7 Å². The lowest BCUT2D eigenvalue weighted by Gasteiger charge is -2.29. The molecule has 208 valence electrons. The van der Waals surface area contributed by atoms with Crippen LogP contribution in [0.25, 0.3) is 5.76 Å². The van der Waals surface area contributed by atoms with E-state index in [-0.39, 0.29) is 11.1 Å². The topological polar surface area (TPSA) is 92.6 Å². The first kappa shape index (κ1) is 27.3. The maximum Gasteiger partial charge on any atom is 0.295 e. The number of fused-ring (bicyclic) bond motifs is 1. The van der Waals surface area contributed by atoms with Gasteiger partial charge in [-0.25, -0.2) is 0 Å². The normalized spacial score (nSPS) is 17.9. The fourth-order valence-electron chi connectivity index (χ4n) is 5.18. The van der Waals surface area contributed by atoms with Crippen LogP contribution in [-0.4, -0.2) is 56.0 Å². The third-order valence-corrected chi connectivity index (χ3v) is 7.46. The molecule has 2 aliphatic heterocycles. The Bertz CT molecular complexity index is 1400. The summed E-state index contributed by atoms with van der Waals surface area (Å²) in [6.07, 6.45) is 0. The molecule has 0 bridgehead atoms. The number of carbonyl (C=O) groups excluding carboxylic acids is 2. The quantitative estimate of drug-likeness (QED) is 0.240. The average Bonchev–Trinajstić information content (AvgIpc) is 3.25. The van der Waals surface area contributed by atoms with Crippen molar-refractivity contribution < 1.29 is 33.8 Å². The number of amides is 1.